The number of esters is 1. The number of hydrogen-bond donors (Lipinski definition) is 2. The summed E-state index contributed by atoms with van der Waals surface area (Å²) in [6.07, 6.45) is 2.00. The number of nitrogens with one attached hydrogen (secondary N) is 2. The van der Waals surface area contributed by atoms with Gasteiger partial charge in [0.05, 0.1) is 7.11 Å². The lowest BCUT2D eigenvalue weighted by molar-refractivity contribution is 0.0594. The second-order valence-electron chi connectivity index (χ2n) is 3.25. The van der Waals surface area contributed by atoms with Gasteiger partial charge in [-0.1, -0.05) is 13.3 Å². The molecule has 88 valence electrons. The number of ether oxygens (including phenoxy) is 1. The molecule has 16 heavy (non-hydrogen) atoms. The average molecular weight is 225 g/mol. The Hall–Kier alpha value is -1.85. The molecule has 2 N–H and O–H groups in total. The number of rotatable bonds is 5. The molecule has 1 aromatic heterocycles. The second-order valence-corrected chi connectivity index (χ2v) is 3.25. The molecule has 0 amide bonds. The van der Waals surface area contributed by atoms with Crippen molar-refractivity contribution in [2.45, 2.75) is 19.8 Å². The fourth-order valence-corrected chi connectivity index (χ4v) is 1.13. The van der Waals surface area contributed by atoms with Gasteiger partial charge in [-0.05, 0) is 6.42 Å². The van der Waals surface area contributed by atoms with Gasteiger partial charge in [0, 0.05) is 12.6 Å². The Morgan fingerprint density at radius 2 is 2.38 bits per heavy atom. The van der Waals surface area contributed by atoms with Crippen LogP contribution in [-0.2, 0) is 4.74 Å². The number of aromatic amines is 1. The lowest BCUT2D eigenvalue weighted by Gasteiger charge is -2.05. The van der Waals surface area contributed by atoms with Crippen LogP contribution in [0.1, 0.15) is 30.3 Å². The molecule has 0 radical (unpaired) electrons. The Morgan fingerprint density at radius 3 is 3.00 bits per heavy atom. The van der Waals surface area contributed by atoms with Crippen LogP contribution in [0.4, 0.5) is 5.95 Å². The van der Waals surface area contributed by atoms with Crippen LogP contribution >= 0.6 is 0 Å². The first-order valence-electron chi connectivity index (χ1n) is 5.11. The molecule has 1 heterocycles. The zero-order valence-corrected chi connectivity index (χ0v) is 9.37. The van der Waals surface area contributed by atoms with E-state index in [9.17, 15) is 9.59 Å². The summed E-state index contributed by atoms with van der Waals surface area (Å²) in [6, 6.07) is 1.11. The molecule has 0 atom stereocenters. The summed E-state index contributed by atoms with van der Waals surface area (Å²) in [4.78, 5) is 28.8. The van der Waals surface area contributed by atoms with Gasteiger partial charge in [0.2, 0.25) is 5.95 Å². The molecule has 0 unspecified atom stereocenters. The predicted molar refractivity (Wildman–Crippen MR) is 59.6 cm³/mol. The Morgan fingerprint density at radius 1 is 1.62 bits per heavy atom. The normalized spacial score (nSPS) is 9.88. The number of nitrogens with zero attached hydrogens (tertiary/aromatic N) is 1. The molecule has 0 aliphatic carbocycles. The van der Waals surface area contributed by atoms with Crippen LogP contribution in [0.2, 0.25) is 0 Å². The van der Waals surface area contributed by atoms with Crippen LogP contribution in [0, 0.1) is 0 Å². The van der Waals surface area contributed by atoms with E-state index in [4.69, 9.17) is 0 Å². The molecule has 1 aromatic rings. The van der Waals surface area contributed by atoms with Gasteiger partial charge < -0.3 is 10.1 Å². The monoisotopic (exact) mass is 225 g/mol. The minimum atomic E-state index is -0.621. The highest BCUT2D eigenvalue weighted by molar-refractivity contribution is 5.87. The van der Waals surface area contributed by atoms with Crippen LogP contribution in [0.5, 0.6) is 0 Å². The zero-order valence-electron chi connectivity index (χ0n) is 9.37. The topological polar surface area (TPSA) is 84.1 Å². The molecule has 0 spiro atoms. The number of H-pyrrole nitrogens is 1. The summed E-state index contributed by atoms with van der Waals surface area (Å²) in [5.41, 5.74) is -0.375. The number of carbonyl (C=O) groups excluding carboxylic acids is 1. The molecule has 0 aromatic carbocycles. The molecule has 0 saturated heterocycles. The molecule has 6 heteroatoms. The number of methoxy groups -OCH3 is 1. The number of hydrogen-bond acceptors (Lipinski definition) is 5. The minimum Gasteiger partial charge on any atom is -0.464 e. The smallest absolute Gasteiger partial charge is 0.357 e. The first kappa shape index (κ1) is 12.2. The highest BCUT2D eigenvalue weighted by Gasteiger charge is 2.09. The van der Waals surface area contributed by atoms with Crippen LogP contribution in [0.25, 0.3) is 0 Å². The quantitative estimate of drug-likeness (QED) is 0.571. The van der Waals surface area contributed by atoms with Crippen molar-refractivity contribution in [3.8, 4) is 0 Å². The standard InChI is InChI=1S/C10H15N3O3/c1-3-4-5-11-10-12-7(9(15)16-2)6-8(14)13-10/h6H,3-5H2,1-2H3,(H2,11,12,13,14). The third kappa shape index (κ3) is 3.38. The summed E-state index contributed by atoms with van der Waals surface area (Å²) in [5, 5.41) is 2.93. The highest BCUT2D eigenvalue weighted by atomic mass is 16.5. The minimum absolute atomic E-state index is 0.00486. The van der Waals surface area contributed by atoms with E-state index in [1.807, 2.05) is 0 Å². The molecule has 0 aliphatic rings. The van der Waals surface area contributed by atoms with Crippen molar-refractivity contribution in [3.05, 3.63) is 22.1 Å². The predicted octanol–water partition coefficient (Wildman–Crippen LogP) is 0.768. The Labute approximate surface area is 93.0 Å². The summed E-state index contributed by atoms with van der Waals surface area (Å²) in [5.74, 6) is -0.328. The van der Waals surface area contributed by atoms with Gasteiger partial charge in [-0.15, -0.1) is 0 Å². The third-order valence-electron chi connectivity index (χ3n) is 1.96. The van der Waals surface area contributed by atoms with Crippen molar-refractivity contribution in [3.63, 3.8) is 0 Å². The van der Waals surface area contributed by atoms with Crippen molar-refractivity contribution in [2.24, 2.45) is 0 Å². The first-order chi connectivity index (χ1) is 7.67. The summed E-state index contributed by atoms with van der Waals surface area (Å²) < 4.78 is 4.49. The number of unbranched alkanes of at least 4 members (excludes halogenated alkanes) is 1. The third-order valence-corrected chi connectivity index (χ3v) is 1.96. The van der Waals surface area contributed by atoms with E-state index in [1.165, 1.54) is 7.11 Å². The second kappa shape index (κ2) is 5.89. The van der Waals surface area contributed by atoms with E-state index in [1.54, 1.807) is 0 Å². The molecule has 0 aliphatic heterocycles. The van der Waals surface area contributed by atoms with E-state index in [0.29, 0.717) is 12.5 Å². The average Bonchev–Trinajstić information content (AvgIpc) is 2.27. The van der Waals surface area contributed by atoms with Crippen molar-refractivity contribution in [1.29, 1.82) is 0 Å². The number of aromatic nitrogens is 2. The van der Waals surface area contributed by atoms with Gasteiger partial charge in [-0.2, -0.15) is 0 Å². The van der Waals surface area contributed by atoms with Gasteiger partial charge in [0.15, 0.2) is 5.69 Å². The highest BCUT2D eigenvalue weighted by Crippen LogP contribution is 1.99. The van der Waals surface area contributed by atoms with Gasteiger partial charge >= 0.3 is 5.97 Å². The molecule has 0 fully saturated rings. The van der Waals surface area contributed by atoms with E-state index in [-0.39, 0.29) is 11.3 Å². The van der Waals surface area contributed by atoms with Crippen LogP contribution in [-0.4, -0.2) is 29.6 Å². The zero-order chi connectivity index (χ0) is 12.0. The fourth-order valence-electron chi connectivity index (χ4n) is 1.13. The Balaban J connectivity index is 2.82. The van der Waals surface area contributed by atoms with Crippen LogP contribution < -0.4 is 10.9 Å². The van der Waals surface area contributed by atoms with Gasteiger partial charge in [0.1, 0.15) is 0 Å². The lowest BCUT2D eigenvalue weighted by Crippen LogP contribution is -2.17. The summed E-state index contributed by atoms with van der Waals surface area (Å²) in [7, 11) is 1.25. The van der Waals surface area contributed by atoms with E-state index >= 15 is 0 Å². The van der Waals surface area contributed by atoms with E-state index in [0.717, 1.165) is 18.9 Å². The largest absolute Gasteiger partial charge is 0.464 e. The van der Waals surface area contributed by atoms with E-state index in [2.05, 4.69) is 26.9 Å². The number of carbonyl (C=O) groups is 1. The Bertz CT molecular complexity index is 414. The lowest BCUT2D eigenvalue weighted by atomic mass is 10.3. The summed E-state index contributed by atoms with van der Waals surface area (Å²) >= 11 is 0. The van der Waals surface area contributed by atoms with E-state index < -0.39 is 5.97 Å². The molecular formula is C10H15N3O3. The van der Waals surface area contributed by atoms with Crippen molar-refractivity contribution >= 4 is 11.9 Å². The van der Waals surface area contributed by atoms with Crippen molar-refractivity contribution in [1.82, 2.24) is 9.97 Å². The van der Waals surface area contributed by atoms with Gasteiger partial charge in [0.25, 0.3) is 5.56 Å². The number of anilines is 1. The van der Waals surface area contributed by atoms with Crippen LogP contribution in [0.15, 0.2) is 10.9 Å². The van der Waals surface area contributed by atoms with Gasteiger partial charge in [-0.3, -0.25) is 9.78 Å². The molecular weight excluding hydrogens is 210 g/mol. The maximum absolute atomic E-state index is 11.2. The molecule has 0 bridgehead atoms. The maximum atomic E-state index is 11.2. The Kier molecular flexibility index (Phi) is 4.50. The fraction of sp³-hybridized carbons (Fsp3) is 0.500. The molecule has 1 rings (SSSR count). The molecule has 0 saturated carbocycles. The summed E-state index contributed by atoms with van der Waals surface area (Å²) in [6.45, 7) is 2.76. The van der Waals surface area contributed by atoms with Crippen molar-refractivity contribution in [2.75, 3.05) is 19.0 Å². The SMILES string of the molecule is CCCCNc1nc(C(=O)OC)cc(=O)[nH]1. The molecule has 6 nitrogen and oxygen atoms in total. The van der Waals surface area contributed by atoms with Gasteiger partial charge in [-0.25, -0.2) is 9.78 Å². The maximum Gasteiger partial charge on any atom is 0.357 e. The van der Waals surface area contributed by atoms with Crippen LogP contribution in [0.3, 0.4) is 0 Å². The van der Waals surface area contributed by atoms with Crippen molar-refractivity contribution < 1.29 is 9.53 Å². The first-order valence-corrected chi connectivity index (χ1v) is 5.11.